The number of nitrogens with zero attached hydrogens (tertiary/aromatic N) is 3. The molecule has 1 N–H and O–H groups in total. The normalized spacial score (nSPS) is 15.4. The molecule has 14 heavy (non-hydrogen) atoms. The highest BCUT2D eigenvalue weighted by molar-refractivity contribution is 5.95. The Morgan fingerprint density at radius 1 is 1.50 bits per heavy atom. The number of carboxylic acid groups (broad SMARTS) is 1. The van der Waals surface area contributed by atoms with Gasteiger partial charge in [-0.05, 0) is 13.3 Å². The number of aromatic nitrogens is 2. The van der Waals surface area contributed by atoms with Crippen molar-refractivity contribution >= 4 is 11.8 Å². The number of anilines is 1. The summed E-state index contributed by atoms with van der Waals surface area (Å²) >= 11 is 0. The van der Waals surface area contributed by atoms with Crippen molar-refractivity contribution in [1.29, 1.82) is 0 Å². The van der Waals surface area contributed by atoms with E-state index in [9.17, 15) is 4.79 Å². The second-order valence-corrected chi connectivity index (χ2v) is 3.55. The molecule has 0 saturated carbocycles. The molecule has 0 aromatic carbocycles. The Labute approximate surface area is 81.9 Å². The van der Waals surface area contributed by atoms with Crippen LogP contribution in [0.2, 0.25) is 0 Å². The highest BCUT2D eigenvalue weighted by Gasteiger charge is 2.27. The van der Waals surface area contributed by atoms with Crippen LogP contribution in [0.1, 0.15) is 22.5 Å². The molecule has 1 aromatic rings. The first-order chi connectivity index (χ1) is 6.61. The summed E-state index contributed by atoms with van der Waals surface area (Å²) in [6, 6.07) is 0. The molecule has 0 amide bonds. The van der Waals surface area contributed by atoms with E-state index in [0.717, 1.165) is 25.3 Å². The molecule has 1 aliphatic rings. The van der Waals surface area contributed by atoms with E-state index in [1.54, 1.807) is 18.7 Å². The highest BCUT2D eigenvalue weighted by atomic mass is 16.4. The van der Waals surface area contributed by atoms with Crippen LogP contribution < -0.4 is 4.90 Å². The molecule has 0 aliphatic carbocycles. The Kier molecular flexibility index (Phi) is 1.94. The number of aromatic carboxylic acids is 1. The smallest absolute Gasteiger partial charge is 0.341 e. The summed E-state index contributed by atoms with van der Waals surface area (Å²) in [5, 5.41) is 13.2. The molecular weight excluding hydrogens is 182 g/mol. The van der Waals surface area contributed by atoms with Gasteiger partial charge in [0.1, 0.15) is 11.4 Å². The van der Waals surface area contributed by atoms with Gasteiger partial charge in [-0.15, -0.1) is 0 Å². The Morgan fingerprint density at radius 2 is 2.14 bits per heavy atom. The van der Waals surface area contributed by atoms with Crippen molar-refractivity contribution in [1.82, 2.24) is 9.78 Å². The SMILES string of the molecule is Cc1nn(C)c(N2CCC2)c1C(=O)O. The number of hydrogen-bond acceptors (Lipinski definition) is 3. The standard InChI is InChI=1S/C9H13N3O2/c1-6-7(9(13)14)8(11(2)10-6)12-4-3-5-12/h3-5H2,1-2H3,(H,13,14). The maximum atomic E-state index is 11.0. The minimum absolute atomic E-state index is 0.340. The van der Waals surface area contributed by atoms with E-state index in [-0.39, 0.29) is 0 Å². The van der Waals surface area contributed by atoms with Gasteiger partial charge in [0.05, 0.1) is 5.69 Å². The van der Waals surface area contributed by atoms with E-state index in [0.29, 0.717) is 11.3 Å². The monoisotopic (exact) mass is 195 g/mol. The Hall–Kier alpha value is -1.52. The second kappa shape index (κ2) is 3.01. The van der Waals surface area contributed by atoms with Gasteiger partial charge >= 0.3 is 5.97 Å². The van der Waals surface area contributed by atoms with E-state index in [2.05, 4.69) is 5.10 Å². The van der Waals surface area contributed by atoms with Crippen LogP contribution >= 0.6 is 0 Å². The van der Waals surface area contributed by atoms with E-state index in [4.69, 9.17) is 5.11 Å². The lowest BCUT2D eigenvalue weighted by atomic mass is 10.1. The van der Waals surface area contributed by atoms with Crippen molar-refractivity contribution in [2.24, 2.45) is 7.05 Å². The second-order valence-electron chi connectivity index (χ2n) is 3.55. The Bertz CT molecular complexity index is 380. The van der Waals surface area contributed by atoms with Crippen molar-refractivity contribution in [3.63, 3.8) is 0 Å². The topological polar surface area (TPSA) is 58.4 Å². The van der Waals surface area contributed by atoms with Crippen LogP contribution in [-0.2, 0) is 7.05 Å². The van der Waals surface area contributed by atoms with Gasteiger partial charge in [-0.25, -0.2) is 4.79 Å². The summed E-state index contributed by atoms with van der Waals surface area (Å²) in [5.74, 6) is -0.154. The fourth-order valence-corrected chi connectivity index (χ4v) is 1.79. The van der Waals surface area contributed by atoms with Crippen LogP contribution in [0.15, 0.2) is 0 Å². The average molecular weight is 195 g/mol. The number of carbonyl (C=O) groups is 1. The van der Waals surface area contributed by atoms with Crippen molar-refractivity contribution in [2.45, 2.75) is 13.3 Å². The van der Waals surface area contributed by atoms with Gasteiger partial charge in [0.2, 0.25) is 0 Å². The van der Waals surface area contributed by atoms with E-state index < -0.39 is 5.97 Å². The van der Waals surface area contributed by atoms with Crippen molar-refractivity contribution in [2.75, 3.05) is 18.0 Å². The summed E-state index contributed by atoms with van der Waals surface area (Å²) in [6.07, 6.45) is 1.13. The van der Waals surface area contributed by atoms with Gasteiger partial charge < -0.3 is 10.0 Å². The molecule has 0 radical (unpaired) electrons. The minimum Gasteiger partial charge on any atom is -0.477 e. The lowest BCUT2D eigenvalue weighted by Crippen LogP contribution is -2.39. The van der Waals surface area contributed by atoms with Gasteiger partial charge in [-0.3, -0.25) is 4.68 Å². The lowest BCUT2D eigenvalue weighted by Gasteiger charge is -2.33. The third kappa shape index (κ3) is 1.16. The summed E-state index contributed by atoms with van der Waals surface area (Å²) < 4.78 is 1.65. The van der Waals surface area contributed by atoms with Gasteiger partial charge in [0.15, 0.2) is 0 Å². The first-order valence-electron chi connectivity index (χ1n) is 4.63. The van der Waals surface area contributed by atoms with Gasteiger partial charge in [0, 0.05) is 20.1 Å². The molecule has 0 atom stereocenters. The first-order valence-corrected chi connectivity index (χ1v) is 4.63. The number of hydrogen-bond donors (Lipinski definition) is 1. The van der Waals surface area contributed by atoms with Crippen LogP contribution in [0.5, 0.6) is 0 Å². The molecule has 76 valence electrons. The maximum absolute atomic E-state index is 11.0. The molecule has 1 aliphatic heterocycles. The first kappa shape index (κ1) is 9.05. The highest BCUT2D eigenvalue weighted by Crippen LogP contribution is 2.26. The fraction of sp³-hybridized carbons (Fsp3) is 0.556. The Balaban J connectivity index is 2.49. The predicted molar refractivity (Wildman–Crippen MR) is 51.7 cm³/mol. The molecule has 1 aromatic heterocycles. The van der Waals surface area contributed by atoms with Crippen LogP contribution in [0.25, 0.3) is 0 Å². The molecule has 2 heterocycles. The molecule has 0 spiro atoms. The van der Waals surface area contributed by atoms with Crippen molar-refractivity contribution in [3.05, 3.63) is 11.3 Å². The van der Waals surface area contributed by atoms with Gasteiger partial charge in [0.25, 0.3) is 0 Å². The summed E-state index contributed by atoms with van der Waals surface area (Å²) in [7, 11) is 1.78. The fourth-order valence-electron chi connectivity index (χ4n) is 1.79. The van der Waals surface area contributed by atoms with Gasteiger partial charge in [-0.2, -0.15) is 5.10 Å². The molecule has 2 rings (SSSR count). The molecule has 1 saturated heterocycles. The average Bonchev–Trinajstić information content (AvgIpc) is 2.23. The zero-order valence-corrected chi connectivity index (χ0v) is 8.32. The summed E-state index contributed by atoms with van der Waals surface area (Å²) in [6.45, 7) is 3.59. The number of rotatable bonds is 2. The summed E-state index contributed by atoms with van der Waals surface area (Å²) in [5.41, 5.74) is 0.925. The van der Waals surface area contributed by atoms with E-state index in [1.165, 1.54) is 0 Å². The Morgan fingerprint density at radius 3 is 2.57 bits per heavy atom. The molecule has 0 unspecified atom stereocenters. The van der Waals surface area contributed by atoms with Crippen molar-refractivity contribution in [3.8, 4) is 0 Å². The van der Waals surface area contributed by atoms with Crippen LogP contribution in [0.3, 0.4) is 0 Å². The van der Waals surface area contributed by atoms with Crippen molar-refractivity contribution < 1.29 is 9.90 Å². The number of aryl methyl sites for hydroxylation is 2. The molecular formula is C9H13N3O2. The largest absolute Gasteiger partial charge is 0.477 e. The molecule has 5 nitrogen and oxygen atoms in total. The zero-order chi connectivity index (χ0) is 10.3. The number of carboxylic acids is 1. The van der Waals surface area contributed by atoms with E-state index >= 15 is 0 Å². The molecule has 5 heteroatoms. The van der Waals surface area contributed by atoms with Crippen LogP contribution in [0, 0.1) is 6.92 Å². The zero-order valence-electron chi connectivity index (χ0n) is 8.32. The maximum Gasteiger partial charge on any atom is 0.341 e. The summed E-state index contributed by atoms with van der Waals surface area (Å²) in [4.78, 5) is 13.1. The van der Waals surface area contributed by atoms with Crippen LogP contribution in [-0.4, -0.2) is 33.9 Å². The predicted octanol–water partition coefficient (Wildman–Crippen LogP) is 0.637. The van der Waals surface area contributed by atoms with Gasteiger partial charge in [-0.1, -0.05) is 0 Å². The quantitative estimate of drug-likeness (QED) is 0.752. The molecule has 1 fully saturated rings. The van der Waals surface area contributed by atoms with E-state index in [1.807, 2.05) is 4.90 Å². The molecule has 0 bridgehead atoms. The minimum atomic E-state index is -0.891. The third-order valence-corrected chi connectivity index (χ3v) is 2.56. The van der Waals surface area contributed by atoms with Crippen LogP contribution in [0.4, 0.5) is 5.82 Å². The third-order valence-electron chi connectivity index (χ3n) is 2.56. The lowest BCUT2D eigenvalue weighted by molar-refractivity contribution is 0.0696.